The number of anilines is 1. The van der Waals surface area contributed by atoms with Gasteiger partial charge in [0.05, 0.1) is 22.0 Å². The van der Waals surface area contributed by atoms with E-state index in [-0.39, 0.29) is 22.6 Å². The number of carbonyl (C=O) groups is 1. The lowest BCUT2D eigenvalue weighted by Crippen LogP contribution is -2.16. The van der Waals surface area contributed by atoms with E-state index in [2.05, 4.69) is 15.5 Å². The van der Waals surface area contributed by atoms with Crippen LogP contribution in [0.3, 0.4) is 0 Å². The molecular formula is C20H18ClF3N4O2S. The molecule has 31 heavy (non-hydrogen) atoms. The Labute approximate surface area is 185 Å². The van der Waals surface area contributed by atoms with E-state index in [0.29, 0.717) is 16.7 Å². The monoisotopic (exact) mass is 470 g/mol. The minimum Gasteiger partial charge on any atom is -0.483 e. The maximum absolute atomic E-state index is 12.9. The predicted octanol–water partition coefficient (Wildman–Crippen LogP) is 5.36. The van der Waals surface area contributed by atoms with Gasteiger partial charge in [0, 0.05) is 7.05 Å². The van der Waals surface area contributed by atoms with Crippen molar-refractivity contribution in [2.75, 3.05) is 11.1 Å². The van der Waals surface area contributed by atoms with E-state index in [9.17, 15) is 18.0 Å². The van der Waals surface area contributed by atoms with Crippen LogP contribution in [0.5, 0.6) is 5.75 Å². The highest BCUT2D eigenvalue weighted by Crippen LogP contribution is 2.34. The molecule has 1 atom stereocenters. The SMILES string of the molecule is CC(Oc1ccccc1)c1nnc(SCC(=O)Nc2cc(C(F)(F)F)ccc2Cl)n1C. The molecule has 2 aromatic carbocycles. The van der Waals surface area contributed by atoms with Crippen LogP contribution in [0.2, 0.25) is 5.02 Å². The zero-order chi connectivity index (χ0) is 22.6. The number of carbonyl (C=O) groups excluding carboxylic acids is 1. The number of thioether (sulfide) groups is 1. The van der Waals surface area contributed by atoms with Crippen LogP contribution in [0.15, 0.2) is 53.7 Å². The molecule has 0 radical (unpaired) electrons. The summed E-state index contributed by atoms with van der Waals surface area (Å²) in [5, 5.41) is 11.1. The topological polar surface area (TPSA) is 69.0 Å². The molecule has 1 heterocycles. The van der Waals surface area contributed by atoms with E-state index < -0.39 is 17.6 Å². The normalized spacial score (nSPS) is 12.5. The standard InChI is InChI=1S/C20H18ClF3N4O2S/c1-12(30-14-6-4-3-5-7-14)18-26-27-19(28(18)2)31-11-17(29)25-16-10-13(20(22,23)24)8-9-15(16)21/h3-10,12H,11H2,1-2H3,(H,25,29). The van der Waals surface area contributed by atoms with Gasteiger partial charge < -0.3 is 14.6 Å². The first kappa shape index (κ1) is 23.0. The fourth-order valence-corrected chi connectivity index (χ4v) is 3.56. The summed E-state index contributed by atoms with van der Waals surface area (Å²) in [6.07, 6.45) is -4.92. The zero-order valence-corrected chi connectivity index (χ0v) is 18.1. The summed E-state index contributed by atoms with van der Waals surface area (Å²) < 4.78 is 46.1. The molecule has 1 aromatic heterocycles. The summed E-state index contributed by atoms with van der Waals surface area (Å²) in [6.45, 7) is 1.83. The fourth-order valence-electron chi connectivity index (χ4n) is 2.68. The third kappa shape index (κ3) is 5.92. The van der Waals surface area contributed by atoms with E-state index in [4.69, 9.17) is 16.3 Å². The molecular weight excluding hydrogens is 453 g/mol. The zero-order valence-electron chi connectivity index (χ0n) is 16.5. The highest BCUT2D eigenvalue weighted by atomic mass is 35.5. The average molecular weight is 471 g/mol. The summed E-state index contributed by atoms with van der Waals surface area (Å²) in [5.74, 6) is 0.633. The van der Waals surface area contributed by atoms with E-state index in [1.165, 1.54) is 0 Å². The summed E-state index contributed by atoms with van der Waals surface area (Å²) >= 11 is 7.00. The van der Waals surface area contributed by atoms with E-state index in [0.717, 1.165) is 30.0 Å². The van der Waals surface area contributed by atoms with Gasteiger partial charge in [-0.1, -0.05) is 41.6 Å². The molecule has 1 amide bonds. The van der Waals surface area contributed by atoms with Crippen LogP contribution in [0.1, 0.15) is 24.4 Å². The lowest BCUT2D eigenvalue weighted by Gasteiger charge is -2.14. The predicted molar refractivity (Wildman–Crippen MR) is 112 cm³/mol. The Balaban J connectivity index is 1.61. The van der Waals surface area contributed by atoms with Crippen LogP contribution in [0, 0.1) is 0 Å². The Hall–Kier alpha value is -2.72. The van der Waals surface area contributed by atoms with Crippen LogP contribution in [0.4, 0.5) is 18.9 Å². The summed E-state index contributed by atoms with van der Waals surface area (Å²) in [6, 6.07) is 12.0. The van der Waals surface area contributed by atoms with Gasteiger partial charge in [0.2, 0.25) is 5.91 Å². The van der Waals surface area contributed by atoms with Crippen molar-refractivity contribution in [3.8, 4) is 5.75 Å². The van der Waals surface area contributed by atoms with Gasteiger partial charge in [0.1, 0.15) is 5.75 Å². The smallest absolute Gasteiger partial charge is 0.416 e. The molecule has 0 spiro atoms. The second kappa shape index (κ2) is 9.61. The van der Waals surface area contributed by atoms with Gasteiger partial charge in [-0.2, -0.15) is 13.2 Å². The molecule has 11 heteroatoms. The first-order valence-electron chi connectivity index (χ1n) is 9.05. The van der Waals surface area contributed by atoms with Gasteiger partial charge in [0.25, 0.3) is 0 Å². The number of rotatable bonds is 7. The molecule has 1 unspecified atom stereocenters. The minimum absolute atomic E-state index is 0.0131. The largest absolute Gasteiger partial charge is 0.483 e. The van der Waals surface area contributed by atoms with Gasteiger partial charge in [-0.05, 0) is 37.3 Å². The number of halogens is 4. The van der Waals surface area contributed by atoms with Crippen LogP contribution >= 0.6 is 23.4 Å². The van der Waals surface area contributed by atoms with E-state index in [1.54, 1.807) is 11.6 Å². The summed E-state index contributed by atoms with van der Waals surface area (Å²) in [4.78, 5) is 12.2. The molecule has 0 aliphatic carbocycles. The molecule has 3 rings (SSSR count). The van der Waals surface area contributed by atoms with Gasteiger partial charge in [-0.3, -0.25) is 4.79 Å². The number of amides is 1. The van der Waals surface area contributed by atoms with Crippen molar-refractivity contribution in [2.45, 2.75) is 24.4 Å². The van der Waals surface area contributed by atoms with Gasteiger partial charge in [-0.15, -0.1) is 10.2 Å². The molecule has 164 valence electrons. The van der Waals surface area contributed by atoms with Crippen molar-refractivity contribution in [1.82, 2.24) is 14.8 Å². The van der Waals surface area contributed by atoms with Crippen molar-refractivity contribution in [3.63, 3.8) is 0 Å². The molecule has 0 fully saturated rings. The number of hydrogen-bond acceptors (Lipinski definition) is 5. The Morgan fingerprint density at radius 1 is 1.23 bits per heavy atom. The summed E-state index contributed by atoms with van der Waals surface area (Å²) in [7, 11) is 1.74. The van der Waals surface area contributed by atoms with Crippen molar-refractivity contribution in [3.05, 3.63) is 64.9 Å². The second-order valence-electron chi connectivity index (χ2n) is 6.50. The van der Waals surface area contributed by atoms with Gasteiger partial charge >= 0.3 is 6.18 Å². The second-order valence-corrected chi connectivity index (χ2v) is 7.85. The molecule has 1 N–H and O–H groups in total. The number of nitrogens with zero attached hydrogens (tertiary/aromatic N) is 3. The molecule has 0 aliphatic heterocycles. The Morgan fingerprint density at radius 2 is 1.94 bits per heavy atom. The molecule has 6 nitrogen and oxygen atoms in total. The maximum atomic E-state index is 12.9. The number of ether oxygens (including phenoxy) is 1. The molecule has 3 aromatic rings. The van der Waals surface area contributed by atoms with Gasteiger partial charge in [-0.25, -0.2) is 0 Å². The van der Waals surface area contributed by atoms with E-state index >= 15 is 0 Å². The number of benzene rings is 2. The molecule has 0 bridgehead atoms. The number of nitrogens with one attached hydrogen (secondary N) is 1. The number of para-hydroxylation sites is 1. The van der Waals surface area contributed by atoms with E-state index in [1.807, 2.05) is 37.3 Å². The molecule has 0 aliphatic rings. The molecule has 0 saturated carbocycles. The van der Waals surface area contributed by atoms with Crippen LogP contribution < -0.4 is 10.1 Å². The lowest BCUT2D eigenvalue weighted by molar-refractivity contribution is -0.137. The Morgan fingerprint density at radius 3 is 2.61 bits per heavy atom. The highest BCUT2D eigenvalue weighted by Gasteiger charge is 2.31. The third-order valence-corrected chi connectivity index (χ3v) is 5.54. The first-order valence-corrected chi connectivity index (χ1v) is 10.4. The average Bonchev–Trinajstić information content (AvgIpc) is 3.08. The first-order chi connectivity index (χ1) is 14.6. The number of hydrogen-bond donors (Lipinski definition) is 1. The third-order valence-electron chi connectivity index (χ3n) is 4.19. The quantitative estimate of drug-likeness (QED) is 0.471. The maximum Gasteiger partial charge on any atom is 0.416 e. The fraction of sp³-hybridized carbons (Fsp3) is 0.250. The van der Waals surface area contributed by atoms with Crippen LogP contribution in [0.25, 0.3) is 0 Å². The molecule has 0 saturated heterocycles. The Bertz CT molecular complexity index is 1060. The number of aromatic nitrogens is 3. The van der Waals surface area contributed by atoms with Crippen LogP contribution in [-0.4, -0.2) is 26.4 Å². The van der Waals surface area contributed by atoms with Gasteiger partial charge in [0.15, 0.2) is 17.1 Å². The Kier molecular flexibility index (Phi) is 7.11. The number of alkyl halides is 3. The highest BCUT2D eigenvalue weighted by molar-refractivity contribution is 7.99. The van der Waals surface area contributed by atoms with Crippen molar-refractivity contribution in [1.29, 1.82) is 0 Å². The minimum atomic E-state index is -4.54. The lowest BCUT2D eigenvalue weighted by atomic mass is 10.2. The van der Waals surface area contributed by atoms with Crippen molar-refractivity contribution in [2.24, 2.45) is 7.05 Å². The summed E-state index contributed by atoms with van der Waals surface area (Å²) in [5.41, 5.74) is -1.00. The van der Waals surface area contributed by atoms with Crippen molar-refractivity contribution >= 4 is 35.0 Å². The van der Waals surface area contributed by atoms with Crippen LogP contribution in [-0.2, 0) is 18.0 Å². The van der Waals surface area contributed by atoms with Crippen molar-refractivity contribution < 1.29 is 22.7 Å².